The largest absolute Gasteiger partial charge is 0.443 e. The molecule has 3 aromatic rings. The molecule has 0 radical (unpaired) electrons. The molecule has 38 heavy (non-hydrogen) atoms. The SMILES string of the molecule is CC.CC.CC(C)(C)OC(=O)N(c1ccc(N2CCN(C3COC3)CC2)cc1)c1nc(Br)cn2ccnc12. The van der Waals surface area contributed by atoms with E-state index in [9.17, 15) is 4.79 Å². The number of amides is 1. The van der Waals surface area contributed by atoms with E-state index in [4.69, 9.17) is 9.47 Å². The highest BCUT2D eigenvalue weighted by Crippen LogP contribution is 2.32. The summed E-state index contributed by atoms with van der Waals surface area (Å²) in [5.41, 5.74) is 1.71. The third-order valence-electron chi connectivity index (χ3n) is 6.04. The van der Waals surface area contributed by atoms with Gasteiger partial charge in [0.1, 0.15) is 10.2 Å². The van der Waals surface area contributed by atoms with Crippen LogP contribution in [-0.4, -0.2) is 76.4 Å². The number of aromatic nitrogens is 3. The summed E-state index contributed by atoms with van der Waals surface area (Å²) in [6.07, 6.45) is 4.79. The zero-order chi connectivity index (χ0) is 27.9. The van der Waals surface area contributed by atoms with Crippen LogP contribution in [0.25, 0.3) is 5.65 Å². The highest BCUT2D eigenvalue weighted by atomic mass is 79.9. The van der Waals surface area contributed by atoms with E-state index in [1.807, 2.05) is 71.2 Å². The number of imidazole rings is 1. The minimum Gasteiger partial charge on any atom is -0.443 e. The fourth-order valence-electron chi connectivity index (χ4n) is 4.25. The number of piperazine rings is 1. The molecule has 2 aromatic heterocycles. The number of carbonyl (C=O) groups excluding carboxylic acids is 1. The molecule has 5 rings (SSSR count). The van der Waals surface area contributed by atoms with Crippen molar-refractivity contribution in [2.75, 3.05) is 49.2 Å². The van der Waals surface area contributed by atoms with Crippen molar-refractivity contribution in [2.24, 2.45) is 0 Å². The average molecular weight is 590 g/mol. The van der Waals surface area contributed by atoms with Crippen LogP contribution in [0.5, 0.6) is 0 Å². The second kappa shape index (κ2) is 13.4. The number of anilines is 3. The van der Waals surface area contributed by atoms with Crippen LogP contribution < -0.4 is 9.80 Å². The molecule has 2 aliphatic heterocycles. The van der Waals surface area contributed by atoms with Crippen LogP contribution in [-0.2, 0) is 9.47 Å². The van der Waals surface area contributed by atoms with Crippen molar-refractivity contribution < 1.29 is 14.3 Å². The first-order valence-electron chi connectivity index (χ1n) is 13.5. The number of benzene rings is 1. The second-order valence-electron chi connectivity index (χ2n) is 9.59. The number of hydrogen-bond donors (Lipinski definition) is 0. The van der Waals surface area contributed by atoms with Gasteiger partial charge < -0.3 is 18.8 Å². The highest BCUT2D eigenvalue weighted by Gasteiger charge is 2.30. The van der Waals surface area contributed by atoms with Crippen molar-refractivity contribution in [2.45, 2.75) is 60.1 Å². The van der Waals surface area contributed by atoms with Crippen LogP contribution in [0.3, 0.4) is 0 Å². The summed E-state index contributed by atoms with van der Waals surface area (Å²) in [6.45, 7) is 19.2. The van der Waals surface area contributed by atoms with Crippen LogP contribution in [0.4, 0.5) is 22.0 Å². The van der Waals surface area contributed by atoms with Crippen molar-refractivity contribution >= 4 is 44.9 Å². The van der Waals surface area contributed by atoms with Gasteiger partial charge in [0.2, 0.25) is 0 Å². The van der Waals surface area contributed by atoms with Crippen LogP contribution >= 0.6 is 15.9 Å². The average Bonchev–Trinajstić information content (AvgIpc) is 3.34. The van der Waals surface area contributed by atoms with Gasteiger partial charge in [-0.3, -0.25) is 4.90 Å². The maximum Gasteiger partial charge on any atom is 0.420 e. The molecular weight excluding hydrogens is 548 g/mol. The van der Waals surface area contributed by atoms with Crippen molar-refractivity contribution in [3.8, 4) is 0 Å². The molecule has 0 unspecified atom stereocenters. The Hall–Kier alpha value is -2.69. The first-order valence-corrected chi connectivity index (χ1v) is 14.3. The number of hydrogen-bond acceptors (Lipinski definition) is 7. The van der Waals surface area contributed by atoms with Gasteiger partial charge in [-0.1, -0.05) is 27.7 Å². The molecule has 10 heteroatoms. The maximum absolute atomic E-state index is 13.3. The van der Waals surface area contributed by atoms with Crippen LogP contribution in [0.15, 0.2) is 47.5 Å². The standard InChI is InChI=1S/C24H29BrN6O3.2C2H6/c1-24(2,3)34-23(32)31(22-21-26-8-9-30(21)14-20(25)27-22)18-6-4-17(5-7-18)28-10-12-29(13-11-28)19-15-33-16-19;2*1-2/h4-9,14,19H,10-13,15-16H2,1-3H3;2*1-2H3. The predicted octanol–water partition coefficient (Wildman–Crippen LogP) is 6.14. The molecule has 1 aromatic carbocycles. The Morgan fingerprint density at radius 2 is 1.68 bits per heavy atom. The van der Waals surface area contributed by atoms with E-state index in [-0.39, 0.29) is 0 Å². The third-order valence-corrected chi connectivity index (χ3v) is 6.42. The number of carbonyl (C=O) groups is 1. The summed E-state index contributed by atoms with van der Waals surface area (Å²) < 4.78 is 13.5. The Bertz CT molecular complexity index is 1170. The molecule has 1 amide bonds. The molecule has 2 fully saturated rings. The van der Waals surface area contributed by atoms with E-state index in [0.29, 0.717) is 27.8 Å². The number of halogens is 1. The predicted molar refractivity (Wildman–Crippen MR) is 157 cm³/mol. The summed E-state index contributed by atoms with van der Waals surface area (Å²) in [5.74, 6) is 0.401. The zero-order valence-corrected chi connectivity index (χ0v) is 25.2. The fraction of sp³-hybridized carbons (Fsp3) is 0.536. The molecule has 0 aliphatic carbocycles. The van der Waals surface area contributed by atoms with Gasteiger partial charge in [-0.2, -0.15) is 0 Å². The smallest absolute Gasteiger partial charge is 0.420 e. The van der Waals surface area contributed by atoms with Crippen molar-refractivity contribution in [3.63, 3.8) is 0 Å². The van der Waals surface area contributed by atoms with Crippen LogP contribution in [0, 0.1) is 0 Å². The number of ether oxygens (including phenoxy) is 2. The number of rotatable bonds is 4. The third kappa shape index (κ3) is 7.03. The Balaban J connectivity index is 0.000000956. The second-order valence-corrected chi connectivity index (χ2v) is 10.4. The van der Waals surface area contributed by atoms with E-state index in [1.165, 1.54) is 4.90 Å². The molecular formula is C28H41BrN6O3. The van der Waals surface area contributed by atoms with E-state index in [2.05, 4.69) is 47.8 Å². The van der Waals surface area contributed by atoms with E-state index >= 15 is 0 Å². The summed E-state index contributed by atoms with van der Waals surface area (Å²) >= 11 is 3.45. The molecule has 208 valence electrons. The Morgan fingerprint density at radius 1 is 1.05 bits per heavy atom. The first kappa shape index (κ1) is 29.9. The van der Waals surface area contributed by atoms with Crippen LogP contribution in [0.1, 0.15) is 48.5 Å². The van der Waals surface area contributed by atoms with Gasteiger partial charge in [0.15, 0.2) is 11.5 Å². The topological polar surface area (TPSA) is 75.4 Å². The highest BCUT2D eigenvalue weighted by molar-refractivity contribution is 9.10. The lowest BCUT2D eigenvalue weighted by Gasteiger charge is -2.43. The minimum absolute atomic E-state index is 0.401. The monoisotopic (exact) mass is 588 g/mol. The lowest BCUT2D eigenvalue weighted by molar-refractivity contribution is -0.0660. The number of fused-ring (bicyclic) bond motifs is 1. The molecule has 0 bridgehead atoms. The van der Waals surface area contributed by atoms with Crippen LogP contribution in [0.2, 0.25) is 0 Å². The lowest BCUT2D eigenvalue weighted by atomic mass is 10.1. The maximum atomic E-state index is 13.3. The Kier molecular flexibility index (Phi) is 10.5. The first-order chi connectivity index (χ1) is 18.3. The molecule has 9 nitrogen and oxygen atoms in total. The molecule has 2 aliphatic rings. The van der Waals surface area contributed by atoms with Gasteiger partial charge in [-0.25, -0.2) is 19.7 Å². The molecule has 0 N–H and O–H groups in total. The van der Waals surface area contributed by atoms with Gasteiger partial charge in [0.25, 0.3) is 0 Å². The van der Waals surface area contributed by atoms with E-state index in [1.54, 1.807) is 12.4 Å². The molecule has 0 saturated carbocycles. The quantitative estimate of drug-likeness (QED) is 0.362. The molecule has 0 atom stereocenters. The normalized spacial score (nSPS) is 16.1. The Labute approximate surface area is 234 Å². The molecule has 2 saturated heterocycles. The van der Waals surface area contributed by atoms with E-state index < -0.39 is 11.7 Å². The summed E-state index contributed by atoms with van der Waals surface area (Å²) in [4.78, 5) is 28.7. The summed E-state index contributed by atoms with van der Waals surface area (Å²) in [7, 11) is 0. The lowest BCUT2D eigenvalue weighted by Crippen LogP contribution is -2.56. The summed E-state index contributed by atoms with van der Waals surface area (Å²) in [6, 6.07) is 8.55. The van der Waals surface area contributed by atoms with E-state index in [0.717, 1.165) is 45.1 Å². The number of nitrogens with zero attached hydrogens (tertiary/aromatic N) is 6. The molecule has 4 heterocycles. The fourth-order valence-corrected chi connectivity index (χ4v) is 4.64. The van der Waals surface area contributed by atoms with Crippen molar-refractivity contribution in [1.82, 2.24) is 19.3 Å². The van der Waals surface area contributed by atoms with Crippen molar-refractivity contribution in [1.29, 1.82) is 0 Å². The summed E-state index contributed by atoms with van der Waals surface area (Å²) in [5, 5.41) is 0. The van der Waals surface area contributed by atoms with Gasteiger partial charge in [-0.05, 0) is 61.0 Å². The molecule has 0 spiro atoms. The van der Waals surface area contributed by atoms with Gasteiger partial charge in [-0.15, -0.1) is 0 Å². The van der Waals surface area contributed by atoms with Gasteiger partial charge in [0, 0.05) is 50.5 Å². The van der Waals surface area contributed by atoms with Gasteiger partial charge >= 0.3 is 6.09 Å². The van der Waals surface area contributed by atoms with Crippen molar-refractivity contribution in [3.05, 3.63) is 47.5 Å². The van der Waals surface area contributed by atoms with Gasteiger partial charge in [0.05, 0.1) is 24.9 Å². The zero-order valence-electron chi connectivity index (χ0n) is 23.6. The Morgan fingerprint density at radius 3 is 2.24 bits per heavy atom. The minimum atomic E-state index is -0.655.